The number of pyridine rings is 4. The first-order valence-electron chi connectivity index (χ1n) is 15.2. The average molecular weight is 797 g/mol. The number of benzene rings is 2. The van der Waals surface area contributed by atoms with E-state index in [-0.39, 0.29) is 20.1 Å². The second-order valence-corrected chi connectivity index (χ2v) is 17.6. The van der Waals surface area contributed by atoms with Crippen molar-refractivity contribution >= 4 is 35.5 Å². The van der Waals surface area contributed by atoms with Gasteiger partial charge in [-0.3, -0.25) is 4.98 Å². The number of aryl methyl sites for hydroxylation is 1. The van der Waals surface area contributed by atoms with Crippen LogP contribution in [0.25, 0.3) is 55.8 Å². The maximum absolute atomic E-state index is 6.10. The quantitative estimate of drug-likeness (QED) is 0.128. The zero-order chi connectivity index (χ0) is 31.6. The predicted octanol–water partition coefficient (Wildman–Crippen LogP) is 9.43. The summed E-state index contributed by atoms with van der Waals surface area (Å²) in [5.74, 6) is 0.534. The Morgan fingerprint density at radius 3 is 2.24 bits per heavy atom. The molecule has 0 saturated heterocycles. The summed E-state index contributed by atoms with van der Waals surface area (Å²) < 4.78 is 6.10. The van der Waals surface area contributed by atoms with Crippen molar-refractivity contribution in [1.29, 1.82) is 0 Å². The normalized spacial score (nSPS) is 11.3. The molecule has 5 heterocycles. The Labute approximate surface area is 285 Å². The van der Waals surface area contributed by atoms with Gasteiger partial charge in [-0.2, -0.15) is 6.07 Å². The molecular weight excluding hydrogens is 761 g/mol. The van der Waals surface area contributed by atoms with Gasteiger partial charge < -0.3 is 14.4 Å². The zero-order valence-electron chi connectivity index (χ0n) is 26.9. The largest absolute Gasteiger partial charge is 0.499 e. The molecular formula is C39H36IrN4OSi-2. The van der Waals surface area contributed by atoms with Gasteiger partial charge in [-0.1, -0.05) is 87.1 Å². The van der Waals surface area contributed by atoms with E-state index in [0.717, 1.165) is 50.1 Å². The van der Waals surface area contributed by atoms with Gasteiger partial charge in [0.2, 0.25) is 5.71 Å². The number of rotatable bonds is 5. The van der Waals surface area contributed by atoms with E-state index in [1.807, 2.05) is 61.5 Å². The number of furan rings is 1. The topological polar surface area (TPSA) is 64.7 Å². The summed E-state index contributed by atoms with van der Waals surface area (Å²) in [7, 11) is -1.34. The molecule has 0 atom stereocenters. The summed E-state index contributed by atoms with van der Waals surface area (Å²) in [5.41, 5.74) is 10.5. The molecule has 7 aromatic rings. The van der Waals surface area contributed by atoms with Gasteiger partial charge in [0.1, 0.15) is 0 Å². The van der Waals surface area contributed by atoms with Crippen LogP contribution in [0.2, 0.25) is 19.6 Å². The SMILES string of the molecule is CC(C)c1cc(-c2[c-]cccc2)ncc1[Si](C)(C)C.Cc1ccnc(-c2[c-]cnc3c2oc2nccc(-c4ccccc4)c23)c1.[Ir]. The molecule has 46 heavy (non-hydrogen) atoms. The van der Waals surface area contributed by atoms with Gasteiger partial charge in [0, 0.05) is 38.7 Å². The standard InChI is InChI=1S/C22H14N3O.C17H22NSi.Ir/c1-14-7-10-23-18(13-14)17-9-11-24-20-19-16(15-5-3-2-4-6-15)8-12-25-22(19)26-21(17)20;1-13(2)15-11-16(14-9-7-6-8-10-14)18-12-17(15)19(3,4)5;/h2-8,10-13H,1H3;6-9,11-13H,1-5H3;/q2*-1;. The molecule has 0 aliphatic carbocycles. The Kier molecular flexibility index (Phi) is 10.1. The zero-order valence-corrected chi connectivity index (χ0v) is 30.3. The van der Waals surface area contributed by atoms with E-state index < -0.39 is 8.07 Å². The minimum atomic E-state index is -1.34. The van der Waals surface area contributed by atoms with E-state index in [1.165, 1.54) is 10.8 Å². The molecule has 2 aromatic carbocycles. The van der Waals surface area contributed by atoms with Gasteiger partial charge in [0.25, 0.3) is 0 Å². The number of fused-ring (bicyclic) bond motifs is 3. The summed E-state index contributed by atoms with van der Waals surface area (Å²) >= 11 is 0. The van der Waals surface area contributed by atoms with E-state index in [9.17, 15) is 0 Å². The third-order valence-electron chi connectivity index (χ3n) is 7.80. The molecule has 5 nitrogen and oxygen atoms in total. The summed E-state index contributed by atoms with van der Waals surface area (Å²) in [6, 6.07) is 32.9. The second kappa shape index (κ2) is 14.0. The minimum Gasteiger partial charge on any atom is -0.499 e. The van der Waals surface area contributed by atoms with Gasteiger partial charge in [0.15, 0.2) is 0 Å². The van der Waals surface area contributed by atoms with Gasteiger partial charge >= 0.3 is 0 Å². The van der Waals surface area contributed by atoms with Crippen molar-refractivity contribution in [1.82, 2.24) is 19.9 Å². The number of hydrogen-bond acceptors (Lipinski definition) is 5. The Morgan fingerprint density at radius 2 is 1.54 bits per heavy atom. The maximum Gasteiger partial charge on any atom is 0.215 e. The van der Waals surface area contributed by atoms with E-state index in [0.29, 0.717) is 17.2 Å². The average Bonchev–Trinajstić information content (AvgIpc) is 3.44. The minimum absolute atomic E-state index is 0. The van der Waals surface area contributed by atoms with Gasteiger partial charge in [-0.15, -0.1) is 41.5 Å². The van der Waals surface area contributed by atoms with Crippen LogP contribution in [-0.2, 0) is 20.1 Å². The summed E-state index contributed by atoms with van der Waals surface area (Å²) in [6.07, 6.45) is 7.33. The van der Waals surface area contributed by atoms with Crippen LogP contribution in [-0.4, -0.2) is 28.0 Å². The Morgan fingerprint density at radius 1 is 0.783 bits per heavy atom. The molecule has 0 aliphatic heterocycles. The Balaban J connectivity index is 0.000000187. The van der Waals surface area contributed by atoms with Crippen molar-refractivity contribution < 1.29 is 24.5 Å². The second-order valence-electron chi connectivity index (χ2n) is 12.5. The third kappa shape index (κ3) is 6.92. The van der Waals surface area contributed by atoms with Crippen molar-refractivity contribution in [2.45, 2.75) is 46.3 Å². The molecule has 7 rings (SSSR count). The van der Waals surface area contributed by atoms with E-state index in [4.69, 9.17) is 4.42 Å². The van der Waals surface area contributed by atoms with Gasteiger partial charge in [0.05, 0.1) is 24.6 Å². The van der Waals surface area contributed by atoms with Crippen molar-refractivity contribution in [3.05, 3.63) is 127 Å². The fraction of sp³-hybridized carbons (Fsp3) is 0.179. The molecule has 7 heteroatoms. The van der Waals surface area contributed by atoms with Crippen LogP contribution in [0.4, 0.5) is 0 Å². The molecule has 0 bridgehead atoms. The Bertz CT molecular complexity index is 2090. The molecule has 0 saturated carbocycles. The molecule has 0 spiro atoms. The molecule has 233 valence electrons. The predicted molar refractivity (Wildman–Crippen MR) is 187 cm³/mol. The monoisotopic (exact) mass is 797 g/mol. The van der Waals surface area contributed by atoms with Crippen LogP contribution < -0.4 is 5.19 Å². The number of aromatic nitrogens is 4. The molecule has 0 unspecified atom stereocenters. The van der Waals surface area contributed by atoms with Crippen LogP contribution in [0.5, 0.6) is 0 Å². The van der Waals surface area contributed by atoms with Crippen LogP contribution >= 0.6 is 0 Å². The van der Waals surface area contributed by atoms with Crippen molar-refractivity contribution in [3.8, 4) is 33.6 Å². The first kappa shape index (κ1) is 33.1. The maximum atomic E-state index is 6.10. The van der Waals surface area contributed by atoms with Crippen molar-refractivity contribution in [3.63, 3.8) is 0 Å². The molecule has 0 N–H and O–H groups in total. The van der Waals surface area contributed by atoms with Crippen molar-refractivity contribution in [2.75, 3.05) is 0 Å². The summed E-state index contributed by atoms with van der Waals surface area (Å²) in [6.45, 7) is 13.7. The number of hydrogen-bond donors (Lipinski definition) is 0. The number of nitrogens with zero attached hydrogens (tertiary/aromatic N) is 4. The third-order valence-corrected chi connectivity index (χ3v) is 9.84. The first-order valence-corrected chi connectivity index (χ1v) is 18.7. The van der Waals surface area contributed by atoms with Gasteiger partial charge in [-0.05, 0) is 58.9 Å². The van der Waals surface area contributed by atoms with Crippen LogP contribution in [0.3, 0.4) is 0 Å². The smallest absolute Gasteiger partial charge is 0.215 e. The fourth-order valence-corrected chi connectivity index (χ4v) is 7.20. The molecule has 0 aliphatic rings. The van der Waals surface area contributed by atoms with Crippen LogP contribution in [0, 0.1) is 19.1 Å². The fourth-order valence-electron chi connectivity index (χ4n) is 5.52. The Hall–Kier alpha value is -4.29. The van der Waals surface area contributed by atoms with Crippen LogP contribution in [0.1, 0.15) is 30.9 Å². The summed E-state index contributed by atoms with van der Waals surface area (Å²) in [4.78, 5) is 18.1. The summed E-state index contributed by atoms with van der Waals surface area (Å²) in [5, 5.41) is 2.39. The van der Waals surface area contributed by atoms with Gasteiger partial charge in [-0.25, -0.2) is 4.98 Å². The van der Waals surface area contributed by atoms with E-state index in [1.54, 1.807) is 18.6 Å². The molecule has 0 amide bonds. The van der Waals surface area contributed by atoms with E-state index in [2.05, 4.69) is 96.0 Å². The molecule has 1 radical (unpaired) electrons. The van der Waals surface area contributed by atoms with Crippen molar-refractivity contribution in [2.24, 2.45) is 0 Å². The first-order chi connectivity index (χ1) is 21.7. The van der Waals surface area contributed by atoms with Crippen LogP contribution in [0.15, 0.2) is 108 Å². The van der Waals surface area contributed by atoms with E-state index >= 15 is 0 Å². The molecule has 5 aromatic heterocycles. The molecule has 0 fully saturated rings.